The second-order valence-corrected chi connectivity index (χ2v) is 3.39. The van der Waals surface area contributed by atoms with Crippen LogP contribution in [0, 0.1) is 12.7 Å². The molecule has 2 rings (SSSR count). The molecule has 2 aromatic rings. The van der Waals surface area contributed by atoms with E-state index in [2.05, 4.69) is 4.98 Å². The third-order valence-electron chi connectivity index (χ3n) is 2.10. The lowest BCUT2D eigenvalue weighted by atomic mass is 10.1. The van der Waals surface area contributed by atoms with Crippen molar-refractivity contribution < 1.29 is 9.50 Å². The smallest absolute Gasteiger partial charge is 0.141 e. The Morgan fingerprint density at radius 2 is 2.07 bits per heavy atom. The first kappa shape index (κ1) is 9.65. The summed E-state index contributed by atoms with van der Waals surface area (Å²) < 4.78 is 13.1. The number of pyridine rings is 1. The maximum atomic E-state index is 13.1. The normalized spacial score (nSPS) is 10.3. The zero-order valence-corrected chi connectivity index (χ0v) is 8.24. The van der Waals surface area contributed by atoms with Gasteiger partial charge in [-0.15, -0.1) is 0 Å². The molecule has 76 valence electrons. The van der Waals surface area contributed by atoms with E-state index in [0.717, 1.165) is 5.56 Å². The first-order valence-corrected chi connectivity index (χ1v) is 4.58. The zero-order chi connectivity index (χ0) is 10.8. The molecule has 0 amide bonds. The predicted octanol–water partition coefficient (Wildman–Crippen LogP) is 2.90. The molecule has 0 aliphatic carbocycles. The van der Waals surface area contributed by atoms with Crippen molar-refractivity contribution in [1.82, 2.24) is 4.98 Å². The number of aromatic hydroxyl groups is 1. The van der Waals surface area contributed by atoms with Gasteiger partial charge in [0.25, 0.3) is 0 Å². The molecule has 0 atom stereocenters. The molecule has 0 radical (unpaired) electrons. The molecular weight excluding hydrogens is 193 g/mol. The minimum Gasteiger partial charge on any atom is -0.506 e. The highest BCUT2D eigenvalue weighted by Gasteiger charge is 2.06. The molecule has 0 fully saturated rings. The van der Waals surface area contributed by atoms with E-state index in [-0.39, 0.29) is 11.6 Å². The highest BCUT2D eigenvalue weighted by Crippen LogP contribution is 2.27. The van der Waals surface area contributed by atoms with Crippen molar-refractivity contribution in [1.29, 1.82) is 0 Å². The monoisotopic (exact) mass is 203 g/mol. The Labute approximate surface area is 87.0 Å². The van der Waals surface area contributed by atoms with Crippen LogP contribution in [-0.4, -0.2) is 10.1 Å². The van der Waals surface area contributed by atoms with E-state index in [4.69, 9.17) is 0 Å². The lowest BCUT2D eigenvalue weighted by molar-refractivity contribution is 0.475. The molecule has 1 aromatic carbocycles. The lowest BCUT2D eigenvalue weighted by Crippen LogP contribution is -1.86. The summed E-state index contributed by atoms with van der Waals surface area (Å²) in [6.07, 6.45) is 1.56. The molecule has 0 bridgehead atoms. The van der Waals surface area contributed by atoms with Gasteiger partial charge in [0.05, 0.1) is 0 Å². The predicted molar refractivity (Wildman–Crippen MR) is 56.0 cm³/mol. The SMILES string of the molecule is Cc1cc(F)cc(-c2ncccc2O)c1. The number of halogens is 1. The standard InChI is InChI=1S/C12H10FNO/c1-8-5-9(7-10(13)6-8)12-11(15)3-2-4-14-12/h2-7,15H,1H3. The Balaban J connectivity index is 2.59. The molecule has 2 nitrogen and oxygen atoms in total. The number of aromatic nitrogens is 1. The molecule has 0 spiro atoms. The van der Waals surface area contributed by atoms with Crippen molar-refractivity contribution in [3.05, 3.63) is 47.9 Å². The average molecular weight is 203 g/mol. The van der Waals surface area contributed by atoms with Crippen LogP contribution in [-0.2, 0) is 0 Å². The summed E-state index contributed by atoms with van der Waals surface area (Å²) in [6.45, 7) is 1.80. The molecule has 1 aromatic heterocycles. The highest BCUT2D eigenvalue weighted by molar-refractivity contribution is 5.66. The van der Waals surface area contributed by atoms with E-state index < -0.39 is 0 Å². The molecule has 0 saturated carbocycles. The van der Waals surface area contributed by atoms with Gasteiger partial charge in [-0.05, 0) is 42.8 Å². The van der Waals surface area contributed by atoms with E-state index >= 15 is 0 Å². The number of hydrogen-bond donors (Lipinski definition) is 1. The number of aryl methyl sites for hydroxylation is 1. The Bertz CT molecular complexity index is 476. The van der Waals surface area contributed by atoms with Gasteiger partial charge in [0.1, 0.15) is 17.3 Å². The van der Waals surface area contributed by atoms with Gasteiger partial charge in [-0.1, -0.05) is 0 Å². The van der Waals surface area contributed by atoms with Crippen LogP contribution >= 0.6 is 0 Å². The van der Waals surface area contributed by atoms with Crippen LogP contribution in [0.2, 0.25) is 0 Å². The van der Waals surface area contributed by atoms with Crippen LogP contribution in [0.3, 0.4) is 0 Å². The summed E-state index contributed by atoms with van der Waals surface area (Å²) in [6, 6.07) is 7.73. The van der Waals surface area contributed by atoms with Gasteiger partial charge < -0.3 is 5.11 Å². The van der Waals surface area contributed by atoms with Crippen LogP contribution in [0.15, 0.2) is 36.5 Å². The second-order valence-electron chi connectivity index (χ2n) is 3.39. The van der Waals surface area contributed by atoms with Crippen LogP contribution < -0.4 is 0 Å². The Morgan fingerprint density at radius 3 is 2.73 bits per heavy atom. The molecule has 1 heterocycles. The van der Waals surface area contributed by atoms with Crippen LogP contribution in [0.1, 0.15) is 5.56 Å². The fourth-order valence-corrected chi connectivity index (χ4v) is 1.49. The van der Waals surface area contributed by atoms with Gasteiger partial charge >= 0.3 is 0 Å². The van der Waals surface area contributed by atoms with E-state index in [1.165, 1.54) is 18.2 Å². The first-order chi connectivity index (χ1) is 7.16. The zero-order valence-electron chi connectivity index (χ0n) is 8.24. The van der Waals surface area contributed by atoms with Gasteiger partial charge in [0, 0.05) is 11.8 Å². The van der Waals surface area contributed by atoms with Gasteiger partial charge in [-0.2, -0.15) is 0 Å². The Morgan fingerprint density at radius 1 is 1.27 bits per heavy atom. The number of rotatable bonds is 1. The Hall–Kier alpha value is -1.90. The third-order valence-corrected chi connectivity index (χ3v) is 2.10. The molecule has 0 aliphatic heterocycles. The van der Waals surface area contributed by atoms with Crippen LogP contribution in [0.5, 0.6) is 5.75 Å². The minimum absolute atomic E-state index is 0.0579. The quantitative estimate of drug-likeness (QED) is 0.773. The number of hydrogen-bond acceptors (Lipinski definition) is 2. The second kappa shape index (κ2) is 3.69. The molecule has 15 heavy (non-hydrogen) atoms. The van der Waals surface area contributed by atoms with Crippen LogP contribution in [0.25, 0.3) is 11.3 Å². The third kappa shape index (κ3) is 1.96. The summed E-state index contributed by atoms with van der Waals surface area (Å²) >= 11 is 0. The Kier molecular flexibility index (Phi) is 2.37. The van der Waals surface area contributed by atoms with Crippen molar-refractivity contribution in [2.24, 2.45) is 0 Å². The van der Waals surface area contributed by atoms with Gasteiger partial charge in [-0.3, -0.25) is 4.98 Å². The summed E-state index contributed by atoms with van der Waals surface area (Å²) in [5, 5.41) is 9.56. The van der Waals surface area contributed by atoms with Crippen molar-refractivity contribution in [2.75, 3.05) is 0 Å². The van der Waals surface area contributed by atoms with Crippen LogP contribution in [0.4, 0.5) is 4.39 Å². The van der Waals surface area contributed by atoms with Gasteiger partial charge in [0.2, 0.25) is 0 Å². The maximum absolute atomic E-state index is 13.1. The topological polar surface area (TPSA) is 33.1 Å². The molecule has 0 saturated heterocycles. The van der Waals surface area contributed by atoms with Crippen molar-refractivity contribution in [3.8, 4) is 17.0 Å². The molecule has 1 N–H and O–H groups in total. The summed E-state index contributed by atoms with van der Waals surface area (Å²) in [4.78, 5) is 4.01. The summed E-state index contributed by atoms with van der Waals surface area (Å²) in [5.74, 6) is -0.266. The van der Waals surface area contributed by atoms with Crippen molar-refractivity contribution in [2.45, 2.75) is 6.92 Å². The van der Waals surface area contributed by atoms with E-state index in [1.807, 2.05) is 0 Å². The summed E-state index contributed by atoms with van der Waals surface area (Å²) in [7, 11) is 0. The molecular formula is C12H10FNO. The average Bonchev–Trinajstić information content (AvgIpc) is 2.16. The summed E-state index contributed by atoms with van der Waals surface area (Å²) in [5.41, 5.74) is 1.79. The fourth-order valence-electron chi connectivity index (χ4n) is 1.49. The lowest BCUT2D eigenvalue weighted by Gasteiger charge is -2.04. The number of benzene rings is 1. The maximum Gasteiger partial charge on any atom is 0.141 e. The minimum atomic E-state index is -0.324. The number of nitrogens with zero attached hydrogens (tertiary/aromatic N) is 1. The van der Waals surface area contributed by atoms with E-state index in [9.17, 15) is 9.50 Å². The molecule has 0 aliphatic rings. The molecule has 0 unspecified atom stereocenters. The van der Waals surface area contributed by atoms with Crippen molar-refractivity contribution >= 4 is 0 Å². The van der Waals surface area contributed by atoms with Gasteiger partial charge in [0.15, 0.2) is 0 Å². The van der Waals surface area contributed by atoms with Gasteiger partial charge in [-0.25, -0.2) is 4.39 Å². The fraction of sp³-hybridized carbons (Fsp3) is 0.0833. The van der Waals surface area contributed by atoms with E-state index in [0.29, 0.717) is 11.3 Å². The molecule has 3 heteroatoms. The van der Waals surface area contributed by atoms with E-state index in [1.54, 1.807) is 25.3 Å². The largest absolute Gasteiger partial charge is 0.506 e. The van der Waals surface area contributed by atoms with Crippen molar-refractivity contribution in [3.63, 3.8) is 0 Å². The highest BCUT2D eigenvalue weighted by atomic mass is 19.1. The first-order valence-electron chi connectivity index (χ1n) is 4.58.